The second-order valence-corrected chi connectivity index (χ2v) is 6.66. The van der Waals surface area contributed by atoms with Crippen LogP contribution in [0.15, 0.2) is 29.2 Å². The van der Waals surface area contributed by atoms with Gasteiger partial charge in [0.25, 0.3) is 0 Å². The normalized spacial score (nSPS) is 17.0. The smallest absolute Gasteiger partial charge is 0.238 e. The van der Waals surface area contributed by atoms with Crippen molar-refractivity contribution >= 4 is 29.3 Å². The predicted molar refractivity (Wildman–Crippen MR) is 88.0 cm³/mol. The van der Waals surface area contributed by atoms with Crippen LogP contribution in [0.25, 0.3) is 0 Å². The highest BCUT2D eigenvalue weighted by molar-refractivity contribution is 8.01. The van der Waals surface area contributed by atoms with Crippen LogP contribution < -0.4 is 10.6 Å². The minimum atomic E-state index is -0.373. The number of ether oxygens (including phenoxy) is 1. The van der Waals surface area contributed by atoms with E-state index in [1.54, 1.807) is 0 Å². The Morgan fingerprint density at radius 3 is 2.95 bits per heavy atom. The Kier molecular flexibility index (Phi) is 6.27. The average molecular weight is 322 g/mol. The lowest BCUT2D eigenvalue weighted by Gasteiger charge is -2.23. The number of thioether (sulfide) groups is 1. The summed E-state index contributed by atoms with van der Waals surface area (Å²) in [6.45, 7) is 5.16. The topological polar surface area (TPSA) is 67.4 Å². The number of carbonyl (C=O) groups excluding carboxylic acids is 2. The number of carbonyl (C=O) groups is 2. The summed E-state index contributed by atoms with van der Waals surface area (Å²) in [6.07, 6.45) is 1.17. The third-order valence-corrected chi connectivity index (χ3v) is 4.45. The summed E-state index contributed by atoms with van der Waals surface area (Å²) in [5.41, 5.74) is 0.819. The van der Waals surface area contributed by atoms with E-state index in [0.717, 1.165) is 17.0 Å². The number of anilines is 1. The van der Waals surface area contributed by atoms with Crippen LogP contribution in [-0.2, 0) is 14.3 Å². The van der Waals surface area contributed by atoms with Gasteiger partial charge in [-0.15, -0.1) is 11.8 Å². The van der Waals surface area contributed by atoms with Crippen LogP contribution in [0.2, 0.25) is 0 Å². The molecule has 0 saturated heterocycles. The molecule has 1 heterocycles. The molecular formula is C16H22N2O3S. The molecule has 1 atom stereocenters. The van der Waals surface area contributed by atoms with Gasteiger partial charge in [-0.1, -0.05) is 12.1 Å². The minimum Gasteiger partial charge on any atom is -0.379 e. The van der Waals surface area contributed by atoms with Gasteiger partial charge in [-0.05, 0) is 32.4 Å². The zero-order chi connectivity index (χ0) is 15.9. The molecule has 2 rings (SSSR count). The number of hydrogen-bond acceptors (Lipinski definition) is 4. The van der Waals surface area contributed by atoms with Crippen LogP contribution in [0, 0.1) is 0 Å². The maximum atomic E-state index is 12.0. The Hall–Kier alpha value is -1.53. The fraction of sp³-hybridized carbons (Fsp3) is 0.500. The standard InChI is InChI=1S/C16H22N2O3S/c1-11(2)21-9-5-8-17-15(19)10-14-16(20)18-12-6-3-4-7-13(12)22-14/h3-4,6-7,11,14H,5,8-10H2,1-2H3,(H,17,19)(H,18,20)/t14-/m0/s1. The molecule has 0 aliphatic carbocycles. The van der Waals surface area contributed by atoms with Crippen molar-refractivity contribution in [1.82, 2.24) is 5.32 Å². The maximum absolute atomic E-state index is 12.0. The van der Waals surface area contributed by atoms with Crippen molar-refractivity contribution in [2.75, 3.05) is 18.5 Å². The summed E-state index contributed by atoms with van der Waals surface area (Å²) in [7, 11) is 0. The van der Waals surface area contributed by atoms with Crippen LogP contribution in [0.4, 0.5) is 5.69 Å². The van der Waals surface area contributed by atoms with E-state index >= 15 is 0 Å². The van der Waals surface area contributed by atoms with Gasteiger partial charge in [0, 0.05) is 24.5 Å². The number of benzene rings is 1. The molecule has 0 fully saturated rings. The number of fused-ring (bicyclic) bond motifs is 1. The quantitative estimate of drug-likeness (QED) is 0.757. The molecule has 0 spiro atoms. The van der Waals surface area contributed by atoms with E-state index in [0.29, 0.717) is 13.2 Å². The van der Waals surface area contributed by atoms with Crippen molar-refractivity contribution in [3.05, 3.63) is 24.3 Å². The fourth-order valence-corrected chi connectivity index (χ4v) is 3.20. The molecule has 0 aromatic heterocycles. The number of hydrogen-bond donors (Lipinski definition) is 2. The van der Waals surface area contributed by atoms with Crippen LogP contribution in [0.3, 0.4) is 0 Å². The Balaban J connectivity index is 1.74. The molecule has 1 aromatic carbocycles. The van der Waals surface area contributed by atoms with Gasteiger partial charge in [0.05, 0.1) is 17.0 Å². The first kappa shape index (κ1) is 16.8. The number of nitrogens with one attached hydrogen (secondary N) is 2. The zero-order valence-electron chi connectivity index (χ0n) is 12.9. The summed E-state index contributed by atoms with van der Waals surface area (Å²) in [5.74, 6) is -0.210. The monoisotopic (exact) mass is 322 g/mol. The van der Waals surface area contributed by atoms with Crippen LogP contribution in [0.5, 0.6) is 0 Å². The molecule has 120 valence electrons. The van der Waals surface area contributed by atoms with Crippen LogP contribution in [-0.4, -0.2) is 36.3 Å². The van der Waals surface area contributed by atoms with E-state index in [4.69, 9.17) is 4.74 Å². The van der Waals surface area contributed by atoms with Gasteiger partial charge in [-0.2, -0.15) is 0 Å². The van der Waals surface area contributed by atoms with Gasteiger partial charge in [0.1, 0.15) is 0 Å². The molecule has 1 aliphatic rings. The highest BCUT2D eigenvalue weighted by Crippen LogP contribution is 2.36. The zero-order valence-corrected chi connectivity index (χ0v) is 13.7. The molecule has 0 bridgehead atoms. The highest BCUT2D eigenvalue weighted by atomic mass is 32.2. The first-order valence-electron chi connectivity index (χ1n) is 7.51. The Morgan fingerprint density at radius 2 is 2.18 bits per heavy atom. The van der Waals surface area contributed by atoms with Gasteiger partial charge in [-0.25, -0.2) is 0 Å². The molecule has 1 aromatic rings. The van der Waals surface area contributed by atoms with Gasteiger partial charge >= 0.3 is 0 Å². The molecule has 22 heavy (non-hydrogen) atoms. The van der Waals surface area contributed by atoms with Gasteiger partial charge in [-0.3, -0.25) is 9.59 Å². The van der Waals surface area contributed by atoms with E-state index in [1.165, 1.54) is 11.8 Å². The van der Waals surface area contributed by atoms with Gasteiger partial charge < -0.3 is 15.4 Å². The Labute approximate surface area is 135 Å². The summed E-state index contributed by atoms with van der Waals surface area (Å²) in [6, 6.07) is 7.62. The average Bonchev–Trinajstić information content (AvgIpc) is 2.47. The molecule has 0 unspecified atom stereocenters. The van der Waals surface area contributed by atoms with Gasteiger partial charge in [0.15, 0.2) is 0 Å². The summed E-state index contributed by atoms with van der Waals surface area (Å²) < 4.78 is 5.41. The lowest BCUT2D eigenvalue weighted by Crippen LogP contribution is -2.35. The second-order valence-electron chi connectivity index (χ2n) is 5.42. The third-order valence-electron chi connectivity index (χ3n) is 3.17. The first-order valence-corrected chi connectivity index (χ1v) is 8.39. The van der Waals surface area contributed by atoms with Crippen molar-refractivity contribution in [2.24, 2.45) is 0 Å². The molecule has 2 amide bonds. The number of para-hydroxylation sites is 1. The molecule has 5 nitrogen and oxygen atoms in total. The SMILES string of the molecule is CC(C)OCCCNC(=O)C[C@@H]1Sc2ccccc2NC1=O. The van der Waals surface area contributed by atoms with E-state index < -0.39 is 0 Å². The van der Waals surface area contributed by atoms with Crippen molar-refractivity contribution in [3.8, 4) is 0 Å². The lowest BCUT2D eigenvalue weighted by atomic mass is 10.2. The van der Waals surface area contributed by atoms with Crippen molar-refractivity contribution in [3.63, 3.8) is 0 Å². The van der Waals surface area contributed by atoms with Crippen molar-refractivity contribution in [2.45, 2.75) is 42.9 Å². The molecular weight excluding hydrogens is 300 g/mol. The van der Waals surface area contributed by atoms with E-state index in [9.17, 15) is 9.59 Å². The van der Waals surface area contributed by atoms with E-state index in [-0.39, 0.29) is 29.6 Å². The van der Waals surface area contributed by atoms with Gasteiger partial charge in [0.2, 0.25) is 11.8 Å². The Morgan fingerprint density at radius 1 is 1.41 bits per heavy atom. The van der Waals surface area contributed by atoms with Crippen LogP contribution in [0.1, 0.15) is 26.7 Å². The molecule has 1 aliphatic heterocycles. The maximum Gasteiger partial charge on any atom is 0.238 e. The Bertz CT molecular complexity index is 534. The van der Waals surface area contributed by atoms with Crippen LogP contribution >= 0.6 is 11.8 Å². The molecule has 0 radical (unpaired) electrons. The van der Waals surface area contributed by atoms with Crippen molar-refractivity contribution < 1.29 is 14.3 Å². The highest BCUT2D eigenvalue weighted by Gasteiger charge is 2.28. The van der Waals surface area contributed by atoms with E-state index in [2.05, 4.69) is 10.6 Å². The minimum absolute atomic E-state index is 0.100. The van der Waals surface area contributed by atoms with E-state index in [1.807, 2.05) is 38.1 Å². The summed E-state index contributed by atoms with van der Waals surface area (Å²) >= 11 is 1.44. The first-order chi connectivity index (χ1) is 10.6. The molecule has 2 N–H and O–H groups in total. The summed E-state index contributed by atoms with van der Waals surface area (Å²) in [5, 5.41) is 5.31. The fourth-order valence-electron chi connectivity index (χ4n) is 2.09. The third kappa shape index (κ3) is 5.03. The molecule has 6 heteroatoms. The number of amides is 2. The second kappa shape index (κ2) is 8.19. The largest absolute Gasteiger partial charge is 0.379 e. The predicted octanol–water partition coefficient (Wildman–Crippen LogP) is 2.42. The van der Waals surface area contributed by atoms with Crippen molar-refractivity contribution in [1.29, 1.82) is 0 Å². The summed E-state index contributed by atoms with van der Waals surface area (Å²) in [4.78, 5) is 24.9. The number of rotatable bonds is 7. The molecule has 0 saturated carbocycles. The lowest BCUT2D eigenvalue weighted by molar-refractivity contribution is -0.124.